The Balaban J connectivity index is 1.18. The van der Waals surface area contributed by atoms with Crippen molar-refractivity contribution in [3.63, 3.8) is 0 Å². The van der Waals surface area contributed by atoms with Crippen molar-refractivity contribution in [3.05, 3.63) is 93.7 Å². The van der Waals surface area contributed by atoms with E-state index in [0.29, 0.717) is 39.3 Å². The predicted molar refractivity (Wildman–Crippen MR) is 139 cm³/mol. The van der Waals surface area contributed by atoms with Gasteiger partial charge in [0.05, 0.1) is 12.6 Å². The molecular formula is C28H32N4O2S. The molecule has 0 saturated carbocycles. The Morgan fingerprint density at radius 1 is 0.914 bits per heavy atom. The smallest absolute Gasteiger partial charge is 0.320 e. The molecule has 3 heterocycles. The molecule has 0 bridgehead atoms. The van der Waals surface area contributed by atoms with Gasteiger partial charge in [-0.25, -0.2) is 4.79 Å². The molecule has 1 aromatic heterocycles. The Morgan fingerprint density at radius 2 is 1.60 bits per heavy atom. The van der Waals surface area contributed by atoms with E-state index in [9.17, 15) is 9.59 Å². The number of amides is 3. The van der Waals surface area contributed by atoms with Crippen LogP contribution in [0.2, 0.25) is 0 Å². The highest BCUT2D eigenvalue weighted by Crippen LogP contribution is 2.37. The maximum absolute atomic E-state index is 13.5. The molecule has 3 aromatic rings. The van der Waals surface area contributed by atoms with E-state index in [2.05, 4.69) is 33.4 Å². The molecule has 1 fully saturated rings. The summed E-state index contributed by atoms with van der Waals surface area (Å²) < 4.78 is 0. The molecule has 6 nitrogen and oxygen atoms in total. The SMILES string of the molecule is CN(Cc1ccccc1)C(=O)N1CCN(CC(=O)N2CCc3sccc3C2c2ccccc2)CC1. The zero-order valence-electron chi connectivity index (χ0n) is 20.2. The molecule has 1 unspecified atom stereocenters. The maximum Gasteiger partial charge on any atom is 0.320 e. The summed E-state index contributed by atoms with van der Waals surface area (Å²) in [4.78, 5) is 35.7. The molecule has 0 aliphatic carbocycles. The summed E-state index contributed by atoms with van der Waals surface area (Å²) in [6, 6.07) is 22.6. The van der Waals surface area contributed by atoms with Crippen LogP contribution in [0.3, 0.4) is 0 Å². The average molecular weight is 489 g/mol. The highest BCUT2D eigenvalue weighted by molar-refractivity contribution is 7.10. The summed E-state index contributed by atoms with van der Waals surface area (Å²) >= 11 is 1.79. The van der Waals surface area contributed by atoms with E-state index in [0.717, 1.165) is 24.1 Å². The summed E-state index contributed by atoms with van der Waals surface area (Å²) in [6.07, 6.45) is 0.915. The topological polar surface area (TPSA) is 47.1 Å². The zero-order chi connectivity index (χ0) is 24.2. The number of hydrogen-bond acceptors (Lipinski definition) is 4. The minimum absolute atomic E-state index is 0.0202. The first-order valence-electron chi connectivity index (χ1n) is 12.3. The van der Waals surface area contributed by atoms with E-state index in [1.165, 1.54) is 10.4 Å². The van der Waals surface area contributed by atoms with Gasteiger partial charge >= 0.3 is 6.03 Å². The number of fused-ring (bicyclic) bond motifs is 1. The van der Waals surface area contributed by atoms with Crippen LogP contribution in [0.25, 0.3) is 0 Å². The lowest BCUT2D eigenvalue weighted by Gasteiger charge is -2.40. The first-order valence-corrected chi connectivity index (χ1v) is 13.1. The minimum Gasteiger partial charge on any atom is -0.330 e. The van der Waals surface area contributed by atoms with Crippen LogP contribution in [0, 0.1) is 0 Å². The first-order chi connectivity index (χ1) is 17.1. The van der Waals surface area contributed by atoms with Crippen LogP contribution in [-0.4, -0.2) is 77.9 Å². The van der Waals surface area contributed by atoms with E-state index >= 15 is 0 Å². The molecule has 7 heteroatoms. The van der Waals surface area contributed by atoms with Crippen molar-refractivity contribution in [3.8, 4) is 0 Å². The largest absolute Gasteiger partial charge is 0.330 e. The summed E-state index contributed by atoms with van der Waals surface area (Å²) in [5, 5.41) is 2.14. The van der Waals surface area contributed by atoms with Gasteiger partial charge in [0.15, 0.2) is 0 Å². The molecule has 2 aliphatic heterocycles. The molecule has 182 valence electrons. The van der Waals surface area contributed by atoms with E-state index in [-0.39, 0.29) is 18.0 Å². The summed E-state index contributed by atoms with van der Waals surface area (Å²) in [5.41, 5.74) is 3.55. The van der Waals surface area contributed by atoms with E-state index in [1.807, 2.05) is 60.5 Å². The monoisotopic (exact) mass is 488 g/mol. The van der Waals surface area contributed by atoms with Gasteiger partial charge in [0, 0.05) is 51.2 Å². The molecule has 0 spiro atoms. The molecule has 0 N–H and O–H groups in total. The highest BCUT2D eigenvalue weighted by Gasteiger charge is 2.34. The van der Waals surface area contributed by atoms with Gasteiger partial charge in [-0.1, -0.05) is 60.7 Å². The number of thiophene rings is 1. The molecule has 1 saturated heterocycles. The molecule has 2 aromatic carbocycles. The minimum atomic E-state index is -0.0202. The van der Waals surface area contributed by atoms with Crippen molar-refractivity contribution in [2.75, 3.05) is 46.3 Å². The molecule has 35 heavy (non-hydrogen) atoms. The zero-order valence-corrected chi connectivity index (χ0v) is 21.0. The van der Waals surface area contributed by atoms with Crippen LogP contribution >= 0.6 is 11.3 Å². The maximum atomic E-state index is 13.5. The van der Waals surface area contributed by atoms with Gasteiger partial charge in [0.25, 0.3) is 0 Å². The van der Waals surface area contributed by atoms with Gasteiger partial charge in [-0.15, -0.1) is 11.3 Å². The second kappa shape index (κ2) is 10.6. The second-order valence-electron chi connectivity index (χ2n) is 9.34. The Hall–Kier alpha value is -3.16. The lowest BCUT2D eigenvalue weighted by atomic mass is 9.93. The number of carbonyl (C=O) groups excluding carboxylic acids is 2. The molecule has 5 rings (SSSR count). The third-order valence-corrected chi connectivity index (χ3v) is 7.99. The quantitative estimate of drug-likeness (QED) is 0.544. The number of carbonyl (C=O) groups is 2. The van der Waals surface area contributed by atoms with Crippen LogP contribution in [-0.2, 0) is 17.8 Å². The Labute approximate surface area is 211 Å². The molecule has 0 radical (unpaired) electrons. The summed E-state index contributed by atoms with van der Waals surface area (Å²) in [6.45, 7) is 4.44. The van der Waals surface area contributed by atoms with Crippen LogP contribution in [0.4, 0.5) is 4.79 Å². The van der Waals surface area contributed by atoms with E-state index < -0.39 is 0 Å². The van der Waals surface area contributed by atoms with E-state index in [1.54, 1.807) is 16.2 Å². The number of nitrogens with zero attached hydrogens (tertiary/aromatic N) is 4. The van der Waals surface area contributed by atoms with E-state index in [4.69, 9.17) is 0 Å². The van der Waals surface area contributed by atoms with Crippen LogP contribution in [0.15, 0.2) is 72.1 Å². The van der Waals surface area contributed by atoms with Gasteiger partial charge in [-0.05, 0) is 34.6 Å². The molecule has 3 amide bonds. The molecule has 1 atom stereocenters. The van der Waals surface area contributed by atoms with Gasteiger partial charge in [0.1, 0.15) is 0 Å². The van der Waals surface area contributed by atoms with Gasteiger partial charge in [-0.3, -0.25) is 9.69 Å². The van der Waals surface area contributed by atoms with Gasteiger partial charge in [-0.2, -0.15) is 0 Å². The fourth-order valence-corrected chi connectivity index (χ4v) is 6.03. The third-order valence-electron chi connectivity index (χ3n) is 6.99. The lowest BCUT2D eigenvalue weighted by molar-refractivity contribution is -0.134. The number of urea groups is 1. The number of benzene rings is 2. The predicted octanol–water partition coefficient (Wildman–Crippen LogP) is 4.09. The average Bonchev–Trinajstić information content (AvgIpc) is 3.38. The van der Waals surface area contributed by atoms with Crippen molar-refractivity contribution in [1.82, 2.24) is 19.6 Å². The third kappa shape index (κ3) is 5.26. The standard InChI is InChI=1S/C28H32N4O2S/c1-29(20-22-8-4-2-5-9-22)28(34)31-17-15-30(16-18-31)21-26(33)32-14-12-25-24(13-19-35-25)27(32)23-10-6-3-7-11-23/h2-11,13,19,27H,12,14-18,20-21H2,1H3. The number of hydrogen-bond donors (Lipinski definition) is 0. The van der Waals surface area contributed by atoms with Gasteiger partial charge < -0.3 is 14.7 Å². The summed E-state index contributed by atoms with van der Waals surface area (Å²) in [5.74, 6) is 0.164. The number of piperazine rings is 1. The molecule has 2 aliphatic rings. The van der Waals surface area contributed by atoms with Gasteiger partial charge in [0.2, 0.25) is 5.91 Å². The van der Waals surface area contributed by atoms with Crippen molar-refractivity contribution in [2.24, 2.45) is 0 Å². The van der Waals surface area contributed by atoms with Crippen LogP contribution in [0.1, 0.15) is 27.6 Å². The van der Waals surface area contributed by atoms with Crippen molar-refractivity contribution in [1.29, 1.82) is 0 Å². The fourth-order valence-electron chi connectivity index (χ4n) is 5.13. The van der Waals surface area contributed by atoms with Crippen molar-refractivity contribution < 1.29 is 9.59 Å². The normalized spacial score (nSPS) is 18.3. The van der Waals surface area contributed by atoms with Crippen LogP contribution in [0.5, 0.6) is 0 Å². The van der Waals surface area contributed by atoms with Crippen LogP contribution < -0.4 is 0 Å². The fraction of sp³-hybridized carbons (Fsp3) is 0.357. The summed E-state index contributed by atoms with van der Waals surface area (Å²) in [7, 11) is 1.85. The van der Waals surface area contributed by atoms with Crippen molar-refractivity contribution in [2.45, 2.75) is 19.0 Å². The van der Waals surface area contributed by atoms with Crippen molar-refractivity contribution >= 4 is 23.3 Å². The second-order valence-corrected chi connectivity index (χ2v) is 10.3. The molecular weight excluding hydrogens is 456 g/mol. The lowest BCUT2D eigenvalue weighted by Crippen LogP contribution is -2.54. The Kier molecular flexibility index (Phi) is 7.16. The first kappa shape index (κ1) is 23.6. The Bertz CT molecular complexity index is 1140. The highest BCUT2D eigenvalue weighted by atomic mass is 32.1. The number of rotatable bonds is 5. The Morgan fingerprint density at radius 3 is 2.31 bits per heavy atom.